The van der Waals surface area contributed by atoms with E-state index in [1.54, 1.807) is 0 Å². The summed E-state index contributed by atoms with van der Waals surface area (Å²) in [6.45, 7) is 1.16. The smallest absolute Gasteiger partial charge is 0.305 e. The Labute approximate surface area is 83.4 Å². The molecule has 0 radical (unpaired) electrons. The molecule has 78 valence electrons. The molecular formula is C8H15ClFNO2. The summed E-state index contributed by atoms with van der Waals surface area (Å²) in [5.74, 6) is -0.469. The molecule has 1 fully saturated rings. The van der Waals surface area contributed by atoms with Crippen molar-refractivity contribution >= 4 is 18.4 Å². The van der Waals surface area contributed by atoms with Crippen LogP contribution in [0.5, 0.6) is 0 Å². The third-order valence-corrected chi connectivity index (χ3v) is 2.20. The zero-order chi connectivity index (χ0) is 8.97. The highest BCUT2D eigenvalue weighted by molar-refractivity contribution is 5.85. The van der Waals surface area contributed by atoms with Crippen molar-refractivity contribution in [3.8, 4) is 0 Å². The van der Waals surface area contributed by atoms with Crippen LogP contribution in [0.4, 0.5) is 4.39 Å². The van der Waals surface area contributed by atoms with Gasteiger partial charge in [-0.2, -0.15) is 0 Å². The highest BCUT2D eigenvalue weighted by atomic mass is 35.5. The van der Waals surface area contributed by atoms with Crippen molar-refractivity contribution in [2.45, 2.75) is 19.0 Å². The highest BCUT2D eigenvalue weighted by Gasteiger charge is 2.26. The molecule has 1 rings (SSSR count). The van der Waals surface area contributed by atoms with Gasteiger partial charge in [-0.05, 0) is 13.0 Å². The largest absolute Gasteiger partial charge is 0.469 e. The highest BCUT2D eigenvalue weighted by Crippen LogP contribution is 2.19. The van der Waals surface area contributed by atoms with Crippen LogP contribution in [-0.2, 0) is 9.53 Å². The number of hydrogen-bond acceptors (Lipinski definition) is 3. The molecule has 0 aromatic carbocycles. The predicted octanol–water partition coefficient (Wildman–Crippen LogP) is 0.919. The van der Waals surface area contributed by atoms with Crippen LogP contribution in [0, 0.1) is 5.92 Å². The van der Waals surface area contributed by atoms with E-state index >= 15 is 0 Å². The Bertz CT molecular complexity index is 168. The van der Waals surface area contributed by atoms with Crippen LogP contribution >= 0.6 is 12.4 Å². The summed E-state index contributed by atoms with van der Waals surface area (Å²) in [5, 5.41) is 2.93. The third kappa shape index (κ3) is 3.91. The van der Waals surface area contributed by atoms with Gasteiger partial charge >= 0.3 is 5.97 Å². The minimum absolute atomic E-state index is 0. The lowest BCUT2D eigenvalue weighted by atomic mass is 9.93. The summed E-state index contributed by atoms with van der Waals surface area (Å²) >= 11 is 0. The summed E-state index contributed by atoms with van der Waals surface area (Å²) in [4.78, 5) is 10.8. The summed E-state index contributed by atoms with van der Waals surface area (Å²) in [5.41, 5.74) is 0. The van der Waals surface area contributed by atoms with E-state index in [2.05, 4.69) is 10.1 Å². The molecular weight excluding hydrogens is 197 g/mol. The van der Waals surface area contributed by atoms with E-state index < -0.39 is 6.17 Å². The van der Waals surface area contributed by atoms with Crippen LogP contribution in [0.15, 0.2) is 0 Å². The third-order valence-electron chi connectivity index (χ3n) is 2.20. The molecule has 1 aliphatic heterocycles. The van der Waals surface area contributed by atoms with Crippen molar-refractivity contribution in [1.82, 2.24) is 5.32 Å². The Morgan fingerprint density at radius 3 is 2.92 bits per heavy atom. The number of esters is 1. The first kappa shape index (κ1) is 12.7. The molecule has 0 spiro atoms. The summed E-state index contributed by atoms with van der Waals surface area (Å²) < 4.78 is 17.5. The average Bonchev–Trinajstić information content (AvgIpc) is 2.09. The molecule has 2 unspecified atom stereocenters. The van der Waals surface area contributed by atoms with Gasteiger partial charge in [-0.3, -0.25) is 4.79 Å². The normalized spacial score (nSPS) is 27.5. The molecule has 3 nitrogen and oxygen atoms in total. The number of methoxy groups -OCH3 is 1. The molecule has 0 aliphatic carbocycles. The van der Waals surface area contributed by atoms with Crippen LogP contribution < -0.4 is 5.32 Å². The van der Waals surface area contributed by atoms with Gasteiger partial charge in [0.1, 0.15) is 6.17 Å². The van der Waals surface area contributed by atoms with Crippen LogP contribution in [0.1, 0.15) is 12.8 Å². The lowest BCUT2D eigenvalue weighted by molar-refractivity contribution is -0.142. The van der Waals surface area contributed by atoms with E-state index in [0.717, 1.165) is 13.0 Å². The Morgan fingerprint density at radius 2 is 2.38 bits per heavy atom. The lowest BCUT2D eigenvalue weighted by Crippen LogP contribution is -2.39. The van der Waals surface area contributed by atoms with Gasteiger partial charge in [0.2, 0.25) is 0 Å². The van der Waals surface area contributed by atoms with Crippen LogP contribution in [0.2, 0.25) is 0 Å². The van der Waals surface area contributed by atoms with Gasteiger partial charge in [-0.15, -0.1) is 12.4 Å². The van der Waals surface area contributed by atoms with Crippen LogP contribution in [0.3, 0.4) is 0 Å². The van der Waals surface area contributed by atoms with Gasteiger partial charge < -0.3 is 10.1 Å². The van der Waals surface area contributed by atoms with E-state index in [1.807, 2.05) is 0 Å². The first-order valence-corrected chi connectivity index (χ1v) is 4.15. The van der Waals surface area contributed by atoms with Crippen molar-refractivity contribution in [1.29, 1.82) is 0 Å². The SMILES string of the molecule is COC(=O)CC1CCNCC1F.Cl. The molecule has 0 bridgehead atoms. The molecule has 0 aromatic heterocycles. The second kappa shape index (κ2) is 6.16. The molecule has 0 aromatic rings. The number of ether oxygens (including phenoxy) is 1. The van der Waals surface area contributed by atoms with Crippen LogP contribution in [0.25, 0.3) is 0 Å². The Balaban J connectivity index is 0.00000144. The Hall–Kier alpha value is -0.350. The molecule has 0 amide bonds. The maximum absolute atomic E-state index is 13.1. The van der Waals surface area contributed by atoms with Crippen LogP contribution in [-0.4, -0.2) is 32.3 Å². The quantitative estimate of drug-likeness (QED) is 0.691. The Kier molecular flexibility index (Phi) is 5.99. The van der Waals surface area contributed by atoms with E-state index in [9.17, 15) is 9.18 Å². The predicted molar refractivity (Wildman–Crippen MR) is 49.8 cm³/mol. The van der Waals surface area contributed by atoms with Gasteiger partial charge in [-0.1, -0.05) is 0 Å². The first-order chi connectivity index (χ1) is 5.74. The molecule has 2 atom stereocenters. The van der Waals surface area contributed by atoms with E-state index in [-0.39, 0.29) is 30.7 Å². The van der Waals surface area contributed by atoms with Gasteiger partial charge in [-0.25, -0.2) is 4.39 Å². The van der Waals surface area contributed by atoms with Gasteiger partial charge in [0.15, 0.2) is 0 Å². The molecule has 1 N–H and O–H groups in total. The maximum Gasteiger partial charge on any atom is 0.305 e. The zero-order valence-corrected chi connectivity index (χ0v) is 8.40. The molecule has 1 heterocycles. The first-order valence-electron chi connectivity index (χ1n) is 4.15. The Morgan fingerprint density at radius 1 is 1.69 bits per heavy atom. The van der Waals surface area contributed by atoms with Crippen molar-refractivity contribution in [2.24, 2.45) is 5.92 Å². The zero-order valence-electron chi connectivity index (χ0n) is 7.59. The van der Waals surface area contributed by atoms with Gasteiger partial charge in [0.05, 0.1) is 13.5 Å². The van der Waals surface area contributed by atoms with Crippen molar-refractivity contribution in [2.75, 3.05) is 20.2 Å². The minimum atomic E-state index is -0.905. The van der Waals surface area contributed by atoms with E-state index in [4.69, 9.17) is 0 Å². The fourth-order valence-electron chi connectivity index (χ4n) is 1.40. The van der Waals surface area contributed by atoms with Gasteiger partial charge in [0.25, 0.3) is 0 Å². The summed E-state index contributed by atoms with van der Waals surface area (Å²) in [6.07, 6.45) is 0.0214. The number of carbonyl (C=O) groups excluding carboxylic acids is 1. The monoisotopic (exact) mass is 211 g/mol. The molecule has 1 saturated heterocycles. The maximum atomic E-state index is 13.1. The number of halogens is 2. The van der Waals surface area contributed by atoms with Crippen molar-refractivity contribution in [3.05, 3.63) is 0 Å². The average molecular weight is 212 g/mol. The summed E-state index contributed by atoms with van der Waals surface area (Å²) in [6, 6.07) is 0. The lowest BCUT2D eigenvalue weighted by Gasteiger charge is -2.25. The molecule has 1 aliphatic rings. The fraction of sp³-hybridized carbons (Fsp3) is 0.875. The number of piperidine rings is 1. The molecule has 5 heteroatoms. The number of alkyl halides is 1. The van der Waals surface area contributed by atoms with Crippen molar-refractivity contribution in [3.63, 3.8) is 0 Å². The number of rotatable bonds is 2. The standard InChI is InChI=1S/C8H14FNO2.ClH/c1-12-8(11)4-6-2-3-10-5-7(6)9;/h6-7,10H,2-5H2,1H3;1H. The number of carbonyl (C=O) groups is 1. The molecule has 13 heavy (non-hydrogen) atoms. The molecule has 0 saturated carbocycles. The van der Waals surface area contributed by atoms with E-state index in [0.29, 0.717) is 6.54 Å². The van der Waals surface area contributed by atoms with E-state index in [1.165, 1.54) is 7.11 Å². The summed E-state index contributed by atoms with van der Waals surface area (Å²) in [7, 11) is 1.33. The second-order valence-corrected chi connectivity index (χ2v) is 3.05. The second-order valence-electron chi connectivity index (χ2n) is 3.05. The number of hydrogen-bond donors (Lipinski definition) is 1. The topological polar surface area (TPSA) is 38.3 Å². The minimum Gasteiger partial charge on any atom is -0.469 e. The van der Waals surface area contributed by atoms with Crippen molar-refractivity contribution < 1.29 is 13.9 Å². The fourth-order valence-corrected chi connectivity index (χ4v) is 1.40. The van der Waals surface area contributed by atoms with Gasteiger partial charge in [0, 0.05) is 12.5 Å². The number of nitrogens with one attached hydrogen (secondary N) is 1.